The zero-order valence-corrected chi connectivity index (χ0v) is 12.9. The monoisotopic (exact) mass is 293 g/mol. The maximum atomic E-state index is 3.50. The molecule has 0 unspecified atom stereocenters. The van der Waals surface area contributed by atoms with Crippen LogP contribution in [0.4, 0.5) is 0 Å². The van der Waals surface area contributed by atoms with Crippen LogP contribution in [0.5, 0.6) is 0 Å². The Bertz CT molecular complexity index is 312. The summed E-state index contributed by atoms with van der Waals surface area (Å²) in [4.78, 5) is 0. The molecule has 2 aromatic carbocycles. The summed E-state index contributed by atoms with van der Waals surface area (Å²) < 4.78 is 0. The van der Waals surface area contributed by atoms with Gasteiger partial charge in [-0.3, -0.25) is 0 Å². The molecule has 16 heavy (non-hydrogen) atoms. The zero-order valence-electron chi connectivity index (χ0n) is 10.4. The summed E-state index contributed by atoms with van der Waals surface area (Å²) >= 11 is 0. The average molecular weight is 295 g/mol. The molecule has 0 fully saturated rings. The fourth-order valence-electron chi connectivity index (χ4n) is 1.07. The second-order valence-corrected chi connectivity index (χ2v) is 3.05. The summed E-state index contributed by atoms with van der Waals surface area (Å²) in [6.45, 7) is 0. The minimum absolute atomic E-state index is 0. The Kier molecular flexibility index (Phi) is 14.3. The Morgan fingerprint density at radius 1 is 0.875 bits per heavy atom. The molecule has 0 aliphatic heterocycles. The second-order valence-electron chi connectivity index (χ2n) is 3.05. The van der Waals surface area contributed by atoms with Gasteiger partial charge in [0, 0.05) is 0 Å². The molecular formula is C13H19N2Zr. The first-order chi connectivity index (χ1) is 7.29. The third kappa shape index (κ3) is 7.86. The van der Waals surface area contributed by atoms with Crippen molar-refractivity contribution in [2.75, 3.05) is 28.2 Å². The van der Waals surface area contributed by atoms with Crippen LogP contribution < -0.4 is 0 Å². The Hall–Kier alpha value is -0.367. The first-order valence-electron chi connectivity index (χ1n) is 4.86. The van der Waals surface area contributed by atoms with E-state index in [1.807, 2.05) is 0 Å². The third-order valence-corrected chi connectivity index (χ3v) is 1.55. The van der Waals surface area contributed by atoms with Crippen LogP contribution in [-0.4, -0.2) is 28.2 Å². The van der Waals surface area contributed by atoms with Crippen molar-refractivity contribution in [2.45, 2.75) is 0 Å². The van der Waals surface area contributed by atoms with E-state index in [2.05, 4.69) is 53.1 Å². The average Bonchev–Trinajstić information content (AvgIpc) is 2.67. The van der Waals surface area contributed by atoms with Crippen molar-refractivity contribution in [3.63, 3.8) is 0 Å². The van der Waals surface area contributed by atoms with E-state index in [0.29, 0.717) is 0 Å². The summed E-state index contributed by atoms with van der Waals surface area (Å²) in [5.74, 6) is 0. The van der Waals surface area contributed by atoms with Crippen LogP contribution in [0, 0.1) is 0 Å². The van der Waals surface area contributed by atoms with Crippen molar-refractivity contribution in [3.05, 3.63) is 53.1 Å². The smallest absolute Gasteiger partial charge is 0.668 e. The van der Waals surface area contributed by atoms with Gasteiger partial charge in [-0.15, -0.1) is 29.7 Å². The number of benzene rings is 1. The maximum absolute atomic E-state index is 3.50. The normalized spacial score (nSPS) is 8.00. The van der Waals surface area contributed by atoms with Gasteiger partial charge in [-0.2, -0.15) is 45.7 Å². The predicted octanol–water partition coefficient (Wildman–Crippen LogP) is 3.80. The zero-order chi connectivity index (χ0) is 11.5. The number of fused-ring (bicyclic) bond motifs is 1. The van der Waals surface area contributed by atoms with Gasteiger partial charge in [0.2, 0.25) is 0 Å². The molecule has 0 amide bonds. The Balaban J connectivity index is 0. The number of hydrogen-bond donors (Lipinski definition) is 0. The van der Waals surface area contributed by atoms with Crippen LogP contribution in [0.25, 0.3) is 21.4 Å². The van der Waals surface area contributed by atoms with Gasteiger partial charge in [-0.05, 0) is 0 Å². The SMILES string of the molecule is C[N-]C.C[N-]C.[Zr+3].c1ccc2[cH-]ccc2c1. The van der Waals surface area contributed by atoms with Crippen LogP contribution in [0.2, 0.25) is 0 Å². The first-order valence-corrected chi connectivity index (χ1v) is 4.86. The van der Waals surface area contributed by atoms with E-state index in [1.165, 1.54) is 10.8 Å². The first kappa shape index (κ1) is 18.0. The molecule has 0 N–H and O–H groups in total. The van der Waals surface area contributed by atoms with Gasteiger partial charge < -0.3 is 10.6 Å². The quantitative estimate of drug-likeness (QED) is 0.661. The molecule has 0 saturated heterocycles. The minimum atomic E-state index is 0. The molecule has 2 nitrogen and oxygen atoms in total. The molecule has 0 bridgehead atoms. The summed E-state index contributed by atoms with van der Waals surface area (Å²) in [7, 11) is 7.00. The maximum Gasteiger partial charge on any atom is 3.00 e. The molecule has 2 aromatic rings. The Labute approximate surface area is 118 Å². The molecular weight excluding hydrogens is 275 g/mol. The van der Waals surface area contributed by atoms with Crippen molar-refractivity contribution >= 4 is 10.8 Å². The number of nitrogens with zero attached hydrogens (tertiary/aromatic N) is 2. The van der Waals surface area contributed by atoms with Crippen LogP contribution in [0.15, 0.2) is 42.5 Å². The molecule has 0 aromatic heterocycles. The van der Waals surface area contributed by atoms with E-state index in [-0.39, 0.29) is 26.2 Å². The van der Waals surface area contributed by atoms with Gasteiger partial charge >= 0.3 is 26.2 Å². The molecule has 0 atom stereocenters. The summed E-state index contributed by atoms with van der Waals surface area (Å²) in [5, 5.41) is 9.66. The van der Waals surface area contributed by atoms with E-state index in [0.717, 1.165) is 0 Å². The van der Waals surface area contributed by atoms with Gasteiger partial charge in [0.15, 0.2) is 0 Å². The Morgan fingerprint density at radius 3 is 1.88 bits per heavy atom. The molecule has 3 heteroatoms. The molecule has 0 spiro atoms. The molecule has 85 valence electrons. The summed E-state index contributed by atoms with van der Waals surface area (Å²) in [6, 6.07) is 14.7. The predicted molar refractivity (Wildman–Crippen MR) is 70.0 cm³/mol. The molecule has 0 saturated carbocycles. The molecule has 1 radical (unpaired) electrons. The fraction of sp³-hybridized carbons (Fsp3) is 0.308. The van der Waals surface area contributed by atoms with Crippen molar-refractivity contribution in [1.29, 1.82) is 0 Å². The van der Waals surface area contributed by atoms with Crippen LogP contribution in [0.3, 0.4) is 0 Å². The van der Waals surface area contributed by atoms with Gasteiger partial charge in [0.1, 0.15) is 0 Å². The minimum Gasteiger partial charge on any atom is -0.668 e. The largest absolute Gasteiger partial charge is 3.00 e. The van der Waals surface area contributed by atoms with Crippen LogP contribution >= 0.6 is 0 Å². The van der Waals surface area contributed by atoms with E-state index in [4.69, 9.17) is 0 Å². The van der Waals surface area contributed by atoms with E-state index < -0.39 is 0 Å². The summed E-state index contributed by atoms with van der Waals surface area (Å²) in [6.07, 6.45) is 0. The molecule has 2 rings (SSSR count). The van der Waals surface area contributed by atoms with E-state index in [9.17, 15) is 0 Å². The molecule has 0 aliphatic carbocycles. The third-order valence-electron chi connectivity index (χ3n) is 1.55. The topological polar surface area (TPSA) is 28.2 Å². The molecule has 0 aliphatic rings. The standard InChI is InChI=1S/C9H7.2C2H6N.Zr/c1-2-5-9-7-3-6-8(9)4-1;2*1-3-2;/h1-7H;2*1-2H3;/q3*-1;+3. The Morgan fingerprint density at radius 2 is 1.38 bits per heavy atom. The van der Waals surface area contributed by atoms with Gasteiger partial charge in [-0.25, -0.2) is 0 Å². The van der Waals surface area contributed by atoms with Crippen molar-refractivity contribution in [3.8, 4) is 0 Å². The van der Waals surface area contributed by atoms with Crippen LogP contribution in [0.1, 0.15) is 0 Å². The van der Waals surface area contributed by atoms with Crippen molar-refractivity contribution in [1.82, 2.24) is 0 Å². The van der Waals surface area contributed by atoms with Gasteiger partial charge in [0.05, 0.1) is 0 Å². The van der Waals surface area contributed by atoms with Gasteiger partial charge in [-0.1, -0.05) is 6.07 Å². The van der Waals surface area contributed by atoms with Crippen LogP contribution in [-0.2, 0) is 26.2 Å². The number of hydrogen-bond acceptors (Lipinski definition) is 0. The summed E-state index contributed by atoms with van der Waals surface area (Å²) in [5.41, 5.74) is 0. The van der Waals surface area contributed by atoms with E-state index >= 15 is 0 Å². The van der Waals surface area contributed by atoms with Crippen molar-refractivity contribution < 1.29 is 26.2 Å². The van der Waals surface area contributed by atoms with E-state index in [1.54, 1.807) is 28.2 Å². The molecule has 0 heterocycles. The van der Waals surface area contributed by atoms with Crippen molar-refractivity contribution in [2.24, 2.45) is 0 Å². The second kappa shape index (κ2) is 12.7. The van der Waals surface area contributed by atoms with Gasteiger partial charge in [0.25, 0.3) is 0 Å². The number of rotatable bonds is 0. The fourth-order valence-corrected chi connectivity index (χ4v) is 1.07.